The molecule has 1 saturated heterocycles. The summed E-state index contributed by atoms with van der Waals surface area (Å²) in [6.45, 7) is 2.99. The molecular formula is C18H17N3O5S. The SMILES string of the molecule is Cc1ccc2nc(N(CC3CCCO3)C(=O)c3ccc([N+](=O)[O-])o3)sc2c1. The van der Waals surface area contributed by atoms with E-state index in [1.54, 1.807) is 0 Å². The Hall–Kier alpha value is -2.78. The highest BCUT2D eigenvalue weighted by atomic mass is 32.1. The molecule has 1 aromatic carbocycles. The molecule has 1 amide bonds. The summed E-state index contributed by atoms with van der Waals surface area (Å²) < 4.78 is 11.8. The van der Waals surface area contributed by atoms with Gasteiger partial charge in [0.05, 0.1) is 28.9 Å². The van der Waals surface area contributed by atoms with Crippen molar-refractivity contribution >= 4 is 38.5 Å². The lowest BCUT2D eigenvalue weighted by atomic mass is 10.2. The molecule has 2 aromatic heterocycles. The molecule has 140 valence electrons. The summed E-state index contributed by atoms with van der Waals surface area (Å²) in [5.74, 6) is -1.01. The van der Waals surface area contributed by atoms with Crippen molar-refractivity contribution in [2.24, 2.45) is 0 Å². The van der Waals surface area contributed by atoms with Gasteiger partial charge in [0.25, 0.3) is 5.91 Å². The molecule has 1 aliphatic heterocycles. The number of fused-ring (bicyclic) bond motifs is 1. The van der Waals surface area contributed by atoms with Crippen LogP contribution in [0.5, 0.6) is 0 Å². The molecule has 0 radical (unpaired) electrons. The van der Waals surface area contributed by atoms with E-state index in [4.69, 9.17) is 9.15 Å². The third kappa shape index (κ3) is 3.56. The first-order valence-corrected chi connectivity index (χ1v) is 9.38. The molecule has 0 spiro atoms. The average Bonchev–Trinajstić information content (AvgIpc) is 3.37. The molecule has 3 aromatic rings. The number of hydrogen-bond acceptors (Lipinski definition) is 7. The second-order valence-electron chi connectivity index (χ2n) is 6.41. The second-order valence-corrected chi connectivity index (χ2v) is 7.42. The van der Waals surface area contributed by atoms with Gasteiger partial charge in [-0.15, -0.1) is 0 Å². The van der Waals surface area contributed by atoms with Gasteiger partial charge in [-0.3, -0.25) is 19.8 Å². The fraction of sp³-hybridized carbons (Fsp3) is 0.333. The van der Waals surface area contributed by atoms with E-state index in [0.717, 1.165) is 28.6 Å². The van der Waals surface area contributed by atoms with Gasteiger partial charge in [-0.1, -0.05) is 17.4 Å². The molecule has 1 unspecified atom stereocenters. The number of aryl methyl sites for hydroxylation is 1. The number of furan rings is 1. The Bertz CT molecular complexity index is 1010. The summed E-state index contributed by atoms with van der Waals surface area (Å²) in [5.41, 5.74) is 1.91. The monoisotopic (exact) mass is 387 g/mol. The highest BCUT2D eigenvalue weighted by Crippen LogP contribution is 2.32. The fourth-order valence-electron chi connectivity index (χ4n) is 3.05. The zero-order valence-corrected chi connectivity index (χ0v) is 15.4. The van der Waals surface area contributed by atoms with Gasteiger partial charge in [0.15, 0.2) is 10.9 Å². The van der Waals surface area contributed by atoms with Crippen LogP contribution in [-0.2, 0) is 4.74 Å². The summed E-state index contributed by atoms with van der Waals surface area (Å²) in [7, 11) is 0. The number of aromatic nitrogens is 1. The van der Waals surface area contributed by atoms with E-state index in [1.807, 2.05) is 25.1 Å². The summed E-state index contributed by atoms with van der Waals surface area (Å²) in [4.78, 5) is 29.3. The van der Waals surface area contributed by atoms with Crippen LogP contribution in [0.25, 0.3) is 10.2 Å². The van der Waals surface area contributed by atoms with Crippen molar-refractivity contribution in [3.8, 4) is 0 Å². The van der Waals surface area contributed by atoms with Crippen LogP contribution in [0.4, 0.5) is 11.0 Å². The van der Waals surface area contributed by atoms with Crippen LogP contribution in [-0.4, -0.2) is 35.1 Å². The van der Waals surface area contributed by atoms with E-state index >= 15 is 0 Å². The van der Waals surface area contributed by atoms with Gasteiger partial charge in [-0.2, -0.15) is 0 Å². The van der Waals surface area contributed by atoms with Gasteiger partial charge >= 0.3 is 5.88 Å². The molecule has 8 nitrogen and oxygen atoms in total. The highest BCUT2D eigenvalue weighted by Gasteiger charge is 2.29. The summed E-state index contributed by atoms with van der Waals surface area (Å²) in [6.07, 6.45) is 1.71. The van der Waals surface area contributed by atoms with E-state index in [1.165, 1.54) is 28.4 Å². The van der Waals surface area contributed by atoms with E-state index in [2.05, 4.69) is 4.98 Å². The Morgan fingerprint density at radius 3 is 2.96 bits per heavy atom. The predicted octanol–water partition coefficient (Wildman–Crippen LogP) is 3.93. The van der Waals surface area contributed by atoms with Gasteiger partial charge in [0.1, 0.15) is 4.92 Å². The zero-order valence-electron chi connectivity index (χ0n) is 14.6. The van der Waals surface area contributed by atoms with Gasteiger partial charge in [-0.05, 0) is 43.5 Å². The molecule has 1 fully saturated rings. The van der Waals surface area contributed by atoms with Crippen LogP contribution in [0.1, 0.15) is 29.0 Å². The Balaban J connectivity index is 1.70. The van der Waals surface area contributed by atoms with Gasteiger partial charge < -0.3 is 9.15 Å². The quantitative estimate of drug-likeness (QED) is 0.486. The van der Waals surface area contributed by atoms with Crippen molar-refractivity contribution in [2.45, 2.75) is 25.9 Å². The number of benzene rings is 1. The number of nitro groups is 1. The van der Waals surface area contributed by atoms with Crippen LogP contribution >= 0.6 is 11.3 Å². The molecule has 27 heavy (non-hydrogen) atoms. The number of thiazole rings is 1. The largest absolute Gasteiger partial charge is 0.433 e. The molecule has 0 bridgehead atoms. The summed E-state index contributed by atoms with van der Waals surface area (Å²) in [6, 6.07) is 8.40. The maximum absolute atomic E-state index is 13.0. The van der Waals surface area contributed by atoms with Gasteiger partial charge in [-0.25, -0.2) is 4.98 Å². The topological polar surface area (TPSA) is 98.7 Å². The standard InChI is InChI=1S/C18H17N3O5S/c1-11-4-5-13-15(9-11)27-18(19-13)20(10-12-3-2-8-25-12)17(22)14-6-7-16(26-14)21(23)24/h4-7,9,12H,2-3,8,10H2,1H3. The molecule has 1 aliphatic rings. The number of ether oxygens (including phenoxy) is 1. The fourth-order valence-corrected chi connectivity index (χ4v) is 4.12. The minimum Gasteiger partial charge on any atom is -0.395 e. The minimum atomic E-state index is -0.665. The van der Waals surface area contributed by atoms with Crippen molar-refractivity contribution in [2.75, 3.05) is 18.1 Å². The first kappa shape index (κ1) is 17.6. The van der Waals surface area contributed by atoms with Crippen LogP contribution in [0, 0.1) is 17.0 Å². The van der Waals surface area contributed by atoms with Crippen LogP contribution < -0.4 is 4.90 Å². The van der Waals surface area contributed by atoms with E-state index in [-0.39, 0.29) is 11.9 Å². The van der Waals surface area contributed by atoms with E-state index in [9.17, 15) is 14.9 Å². The van der Waals surface area contributed by atoms with Crippen molar-refractivity contribution < 1.29 is 18.9 Å². The maximum atomic E-state index is 13.0. The van der Waals surface area contributed by atoms with Crippen molar-refractivity contribution in [1.82, 2.24) is 4.98 Å². The van der Waals surface area contributed by atoms with Gasteiger partial charge in [0, 0.05) is 6.61 Å². The van der Waals surface area contributed by atoms with Crippen molar-refractivity contribution in [1.29, 1.82) is 0 Å². The summed E-state index contributed by atoms with van der Waals surface area (Å²) >= 11 is 1.40. The van der Waals surface area contributed by atoms with E-state index < -0.39 is 16.7 Å². The lowest BCUT2D eigenvalue weighted by molar-refractivity contribution is -0.402. The molecular weight excluding hydrogens is 370 g/mol. The highest BCUT2D eigenvalue weighted by molar-refractivity contribution is 7.22. The number of nitrogens with zero attached hydrogens (tertiary/aromatic N) is 3. The van der Waals surface area contributed by atoms with E-state index in [0.29, 0.717) is 18.3 Å². The van der Waals surface area contributed by atoms with Crippen LogP contribution in [0.2, 0.25) is 0 Å². The second kappa shape index (κ2) is 7.09. The van der Waals surface area contributed by atoms with Crippen molar-refractivity contribution in [3.63, 3.8) is 0 Å². The summed E-state index contributed by atoms with van der Waals surface area (Å²) in [5, 5.41) is 11.4. The number of carbonyl (C=O) groups is 1. The first-order chi connectivity index (χ1) is 13.0. The minimum absolute atomic E-state index is 0.0878. The Labute approximate surface area is 158 Å². The molecule has 3 heterocycles. The number of carbonyl (C=O) groups excluding carboxylic acids is 1. The molecule has 0 saturated carbocycles. The molecule has 0 N–H and O–H groups in total. The Morgan fingerprint density at radius 2 is 2.26 bits per heavy atom. The predicted molar refractivity (Wildman–Crippen MR) is 100 cm³/mol. The first-order valence-electron chi connectivity index (χ1n) is 8.56. The third-order valence-corrected chi connectivity index (χ3v) is 5.44. The lowest BCUT2D eigenvalue weighted by Crippen LogP contribution is -2.37. The maximum Gasteiger partial charge on any atom is 0.433 e. The lowest BCUT2D eigenvalue weighted by Gasteiger charge is -2.21. The smallest absolute Gasteiger partial charge is 0.395 e. The third-order valence-electron chi connectivity index (χ3n) is 4.40. The van der Waals surface area contributed by atoms with Gasteiger partial charge in [0.2, 0.25) is 0 Å². The van der Waals surface area contributed by atoms with Crippen molar-refractivity contribution in [3.05, 3.63) is 51.8 Å². The molecule has 0 aliphatic carbocycles. The molecule has 1 atom stereocenters. The number of rotatable bonds is 5. The number of anilines is 1. The Kier molecular flexibility index (Phi) is 4.63. The zero-order chi connectivity index (χ0) is 19.0. The normalized spacial score (nSPS) is 16.7. The average molecular weight is 387 g/mol. The number of hydrogen-bond donors (Lipinski definition) is 0. The number of amides is 1. The molecule has 9 heteroatoms. The van der Waals surface area contributed by atoms with Crippen LogP contribution in [0.3, 0.4) is 0 Å². The van der Waals surface area contributed by atoms with Crippen LogP contribution in [0.15, 0.2) is 34.7 Å². The Morgan fingerprint density at radius 1 is 1.41 bits per heavy atom. The molecule has 4 rings (SSSR count).